The topological polar surface area (TPSA) is 66.9 Å². The maximum Gasteiger partial charge on any atom is 0.249 e. The number of aryl methyl sites for hydroxylation is 1. The average Bonchev–Trinajstić information content (AvgIpc) is 3.13. The molecule has 2 saturated heterocycles. The SMILES string of the molecule is Cc1ccc(S(=O)(=O)N2C[C@@H]3OCC(=O)N([C@@H](C)c4ccccc4)[C@H]3C2)cc1. The first-order valence-electron chi connectivity index (χ1n) is 9.42. The quantitative estimate of drug-likeness (QED) is 0.790. The molecule has 0 radical (unpaired) electrons. The molecule has 4 rings (SSSR count). The summed E-state index contributed by atoms with van der Waals surface area (Å²) in [5.41, 5.74) is 2.03. The van der Waals surface area contributed by atoms with Gasteiger partial charge in [-0.25, -0.2) is 8.42 Å². The van der Waals surface area contributed by atoms with Gasteiger partial charge in [-0.2, -0.15) is 4.31 Å². The van der Waals surface area contributed by atoms with Gasteiger partial charge in [-0.1, -0.05) is 48.0 Å². The number of fused-ring (bicyclic) bond motifs is 1. The standard InChI is InChI=1S/C21H24N2O4S/c1-15-8-10-18(11-9-15)28(25,26)22-12-19-20(13-22)27-14-21(24)23(19)16(2)17-6-4-3-5-7-17/h3-11,16,19-20H,12-14H2,1-2H3/t16-,19-,20-/m0/s1. The van der Waals surface area contributed by atoms with Crippen LogP contribution in [0.25, 0.3) is 0 Å². The smallest absolute Gasteiger partial charge is 0.249 e. The van der Waals surface area contributed by atoms with Crippen molar-refractivity contribution in [2.45, 2.75) is 36.9 Å². The summed E-state index contributed by atoms with van der Waals surface area (Å²) in [6, 6.07) is 16.2. The Morgan fingerprint density at radius 2 is 1.71 bits per heavy atom. The molecule has 0 bridgehead atoms. The van der Waals surface area contributed by atoms with Crippen molar-refractivity contribution in [2.24, 2.45) is 0 Å². The predicted octanol–water partition coefficient (Wildman–Crippen LogP) is 2.36. The van der Waals surface area contributed by atoms with Crippen molar-refractivity contribution in [3.05, 3.63) is 65.7 Å². The van der Waals surface area contributed by atoms with Gasteiger partial charge in [-0.15, -0.1) is 0 Å². The van der Waals surface area contributed by atoms with Crippen molar-refractivity contribution in [3.63, 3.8) is 0 Å². The molecular weight excluding hydrogens is 376 g/mol. The zero-order valence-electron chi connectivity index (χ0n) is 16.0. The first kappa shape index (κ1) is 19.1. The van der Waals surface area contributed by atoms with Gasteiger partial charge in [0.05, 0.1) is 23.1 Å². The van der Waals surface area contributed by atoms with E-state index in [9.17, 15) is 13.2 Å². The van der Waals surface area contributed by atoms with Crippen molar-refractivity contribution in [2.75, 3.05) is 19.7 Å². The van der Waals surface area contributed by atoms with Gasteiger partial charge in [-0.05, 0) is 31.5 Å². The lowest BCUT2D eigenvalue weighted by Crippen LogP contribution is -2.54. The summed E-state index contributed by atoms with van der Waals surface area (Å²) >= 11 is 0. The minimum absolute atomic E-state index is 0.0171. The number of hydrogen-bond acceptors (Lipinski definition) is 4. The van der Waals surface area contributed by atoms with E-state index < -0.39 is 10.0 Å². The van der Waals surface area contributed by atoms with Crippen LogP contribution < -0.4 is 0 Å². The highest BCUT2D eigenvalue weighted by molar-refractivity contribution is 7.89. The molecule has 2 aliphatic rings. The fourth-order valence-electron chi connectivity index (χ4n) is 4.04. The third-order valence-corrected chi connectivity index (χ3v) is 7.47. The third-order valence-electron chi connectivity index (χ3n) is 5.63. The number of carbonyl (C=O) groups is 1. The average molecular weight is 401 g/mol. The molecule has 0 aromatic heterocycles. The minimum Gasteiger partial charge on any atom is -0.365 e. The van der Waals surface area contributed by atoms with Crippen LogP contribution in [0.5, 0.6) is 0 Å². The van der Waals surface area contributed by atoms with E-state index in [1.54, 1.807) is 29.2 Å². The van der Waals surface area contributed by atoms with Gasteiger partial charge in [0, 0.05) is 13.1 Å². The Kier molecular flexibility index (Phi) is 4.99. The number of nitrogens with zero attached hydrogens (tertiary/aromatic N) is 2. The van der Waals surface area contributed by atoms with Gasteiger partial charge in [0.2, 0.25) is 15.9 Å². The summed E-state index contributed by atoms with van der Waals surface area (Å²) in [6.45, 7) is 4.38. The summed E-state index contributed by atoms with van der Waals surface area (Å²) in [7, 11) is -3.63. The van der Waals surface area contributed by atoms with E-state index in [2.05, 4.69) is 0 Å². The first-order valence-corrected chi connectivity index (χ1v) is 10.9. The van der Waals surface area contributed by atoms with Crippen LogP contribution in [0, 0.1) is 6.92 Å². The molecule has 7 heteroatoms. The van der Waals surface area contributed by atoms with Gasteiger partial charge in [0.1, 0.15) is 6.61 Å². The minimum atomic E-state index is -3.63. The largest absolute Gasteiger partial charge is 0.365 e. The Morgan fingerprint density at radius 1 is 1.04 bits per heavy atom. The second-order valence-electron chi connectivity index (χ2n) is 7.44. The molecule has 6 nitrogen and oxygen atoms in total. The van der Waals surface area contributed by atoms with Crippen LogP contribution in [0.15, 0.2) is 59.5 Å². The van der Waals surface area contributed by atoms with E-state index in [4.69, 9.17) is 4.74 Å². The molecule has 2 aromatic rings. The van der Waals surface area contributed by atoms with Crippen molar-refractivity contribution in [1.29, 1.82) is 0 Å². The number of benzene rings is 2. The number of morpholine rings is 1. The predicted molar refractivity (Wildman–Crippen MR) is 105 cm³/mol. The highest BCUT2D eigenvalue weighted by Crippen LogP contribution is 2.33. The molecule has 2 heterocycles. The molecule has 0 spiro atoms. The summed E-state index contributed by atoms with van der Waals surface area (Å²) in [5, 5.41) is 0. The molecule has 0 unspecified atom stereocenters. The molecule has 3 atom stereocenters. The van der Waals surface area contributed by atoms with Crippen molar-refractivity contribution in [1.82, 2.24) is 9.21 Å². The van der Waals surface area contributed by atoms with Crippen LogP contribution in [0.4, 0.5) is 0 Å². The normalized spacial score (nSPS) is 24.2. The number of amides is 1. The number of ether oxygens (including phenoxy) is 1. The number of sulfonamides is 1. The fraction of sp³-hybridized carbons (Fsp3) is 0.381. The zero-order valence-corrected chi connectivity index (χ0v) is 16.8. The third kappa shape index (κ3) is 3.34. The van der Waals surface area contributed by atoms with E-state index in [1.807, 2.05) is 44.2 Å². The van der Waals surface area contributed by atoms with Crippen LogP contribution in [0.2, 0.25) is 0 Å². The maximum absolute atomic E-state index is 13.1. The second-order valence-corrected chi connectivity index (χ2v) is 9.38. The number of rotatable bonds is 4. The van der Waals surface area contributed by atoms with Crippen LogP contribution in [-0.4, -0.2) is 55.4 Å². The molecular formula is C21H24N2O4S. The second kappa shape index (κ2) is 7.31. The fourth-order valence-corrected chi connectivity index (χ4v) is 5.51. The van der Waals surface area contributed by atoms with Gasteiger partial charge >= 0.3 is 0 Å². The summed E-state index contributed by atoms with van der Waals surface area (Å²) in [6.07, 6.45) is -0.316. The van der Waals surface area contributed by atoms with Crippen molar-refractivity contribution < 1.29 is 17.9 Å². The Hall–Kier alpha value is -2.22. The van der Waals surface area contributed by atoms with Gasteiger partial charge in [-0.3, -0.25) is 4.79 Å². The highest BCUT2D eigenvalue weighted by atomic mass is 32.2. The van der Waals surface area contributed by atoms with Gasteiger partial charge in [0.15, 0.2) is 0 Å². The number of carbonyl (C=O) groups excluding carboxylic acids is 1. The van der Waals surface area contributed by atoms with Crippen LogP contribution >= 0.6 is 0 Å². The van der Waals surface area contributed by atoms with Gasteiger partial charge in [0.25, 0.3) is 0 Å². The molecule has 0 N–H and O–H groups in total. The zero-order chi connectivity index (χ0) is 19.9. The monoisotopic (exact) mass is 400 g/mol. The maximum atomic E-state index is 13.1. The Balaban J connectivity index is 1.61. The molecule has 2 aromatic carbocycles. The van der Waals surface area contributed by atoms with E-state index >= 15 is 0 Å². The van der Waals surface area contributed by atoms with E-state index in [0.717, 1.165) is 11.1 Å². The summed E-state index contributed by atoms with van der Waals surface area (Å²) in [4.78, 5) is 14.7. The molecule has 2 fully saturated rings. The molecule has 148 valence electrons. The van der Waals surface area contributed by atoms with Crippen LogP contribution in [0.3, 0.4) is 0 Å². The van der Waals surface area contributed by atoms with Crippen molar-refractivity contribution in [3.8, 4) is 0 Å². The molecule has 0 aliphatic carbocycles. The Morgan fingerprint density at radius 3 is 2.39 bits per heavy atom. The Labute approximate surface area is 165 Å². The molecule has 0 saturated carbocycles. The number of hydrogen-bond donors (Lipinski definition) is 0. The van der Waals surface area contributed by atoms with E-state index in [0.29, 0.717) is 0 Å². The van der Waals surface area contributed by atoms with Gasteiger partial charge < -0.3 is 9.64 Å². The van der Waals surface area contributed by atoms with E-state index in [-0.39, 0.29) is 48.7 Å². The summed E-state index contributed by atoms with van der Waals surface area (Å²) in [5.74, 6) is -0.104. The lowest BCUT2D eigenvalue weighted by molar-refractivity contribution is -0.156. The lowest BCUT2D eigenvalue weighted by Gasteiger charge is -2.40. The molecule has 2 aliphatic heterocycles. The van der Waals surface area contributed by atoms with E-state index in [1.165, 1.54) is 4.31 Å². The lowest BCUT2D eigenvalue weighted by atomic mass is 10.0. The van der Waals surface area contributed by atoms with Crippen LogP contribution in [0.1, 0.15) is 24.1 Å². The summed E-state index contributed by atoms with van der Waals surface area (Å²) < 4.78 is 33.3. The highest BCUT2D eigenvalue weighted by Gasteiger charge is 2.48. The molecule has 28 heavy (non-hydrogen) atoms. The first-order chi connectivity index (χ1) is 13.4. The Bertz CT molecular complexity index is 960. The van der Waals surface area contributed by atoms with Crippen LogP contribution in [-0.2, 0) is 19.6 Å². The molecule has 1 amide bonds. The van der Waals surface area contributed by atoms with Crippen molar-refractivity contribution >= 4 is 15.9 Å².